The number of aromatic amines is 1. The molecular weight excluding hydrogens is 382 g/mol. The Bertz CT molecular complexity index is 1510. The van der Waals surface area contributed by atoms with Gasteiger partial charge in [-0.1, -0.05) is 12.1 Å². The summed E-state index contributed by atoms with van der Waals surface area (Å²) in [5.74, 6) is 0. The number of aromatic nitrogens is 4. The topological polar surface area (TPSA) is 95.3 Å². The maximum Gasteiger partial charge on any atom is 0.267 e. The van der Waals surface area contributed by atoms with Crippen LogP contribution in [0, 0.1) is 18.3 Å². The first-order valence-electron chi connectivity index (χ1n) is 8.89. The van der Waals surface area contributed by atoms with Gasteiger partial charge in [-0.15, -0.1) is 11.3 Å². The number of thiophene rings is 1. The van der Waals surface area contributed by atoms with Crippen LogP contribution < -0.4 is 5.56 Å². The second-order valence-electron chi connectivity index (χ2n) is 6.60. The van der Waals surface area contributed by atoms with E-state index >= 15 is 0 Å². The Labute approximate surface area is 169 Å². The van der Waals surface area contributed by atoms with E-state index in [1.165, 1.54) is 6.07 Å². The largest absolute Gasteiger partial charge is 0.304 e. The Morgan fingerprint density at radius 3 is 2.72 bits per heavy atom. The molecule has 0 radical (unpaired) electrons. The number of nitriles is 1. The van der Waals surface area contributed by atoms with Crippen LogP contribution in [0.5, 0.6) is 0 Å². The van der Waals surface area contributed by atoms with Crippen molar-refractivity contribution in [2.45, 2.75) is 6.92 Å². The molecular formula is C22H13N5OS. The van der Waals surface area contributed by atoms with Gasteiger partial charge in [-0.25, -0.2) is 9.97 Å². The van der Waals surface area contributed by atoms with E-state index in [0.717, 1.165) is 26.2 Å². The molecule has 0 atom stereocenters. The lowest BCUT2D eigenvalue weighted by molar-refractivity contribution is 1.18. The van der Waals surface area contributed by atoms with E-state index in [-0.39, 0.29) is 5.56 Å². The SMILES string of the molecule is Cc1ccc(-c2nc3[nH]c(=O)c(C#N)cc3nc2-c2ccc3ncccc3c2)s1. The molecule has 1 aromatic carbocycles. The number of pyridine rings is 2. The van der Waals surface area contributed by atoms with Crippen molar-refractivity contribution in [2.24, 2.45) is 0 Å². The van der Waals surface area contributed by atoms with Crippen LogP contribution >= 0.6 is 11.3 Å². The molecule has 0 amide bonds. The predicted molar refractivity (Wildman–Crippen MR) is 114 cm³/mol. The molecule has 0 bridgehead atoms. The van der Waals surface area contributed by atoms with E-state index in [4.69, 9.17) is 9.97 Å². The fourth-order valence-corrected chi connectivity index (χ4v) is 4.12. The zero-order valence-electron chi connectivity index (χ0n) is 15.3. The van der Waals surface area contributed by atoms with Crippen LogP contribution in [0.4, 0.5) is 0 Å². The summed E-state index contributed by atoms with van der Waals surface area (Å²) in [6, 6.07) is 17.3. The second-order valence-corrected chi connectivity index (χ2v) is 7.89. The van der Waals surface area contributed by atoms with Crippen molar-refractivity contribution < 1.29 is 0 Å². The van der Waals surface area contributed by atoms with Gasteiger partial charge < -0.3 is 4.98 Å². The van der Waals surface area contributed by atoms with Gasteiger partial charge in [0.25, 0.3) is 5.56 Å². The summed E-state index contributed by atoms with van der Waals surface area (Å²) in [5.41, 5.74) is 3.56. The number of nitrogens with one attached hydrogen (secondary N) is 1. The standard InChI is InChI=1S/C22H13N5OS/c1-12-4-7-18(29-12)20-19(14-5-6-16-13(9-14)3-2-8-24-16)25-17-10-15(11-23)22(28)27-21(17)26-20/h2-10H,1H3,(H,26,27,28). The average Bonchev–Trinajstić information content (AvgIpc) is 3.18. The smallest absolute Gasteiger partial charge is 0.267 e. The van der Waals surface area contributed by atoms with Gasteiger partial charge in [-0.05, 0) is 43.3 Å². The van der Waals surface area contributed by atoms with Crippen LogP contribution in [0.15, 0.2) is 59.5 Å². The van der Waals surface area contributed by atoms with Crippen LogP contribution in [0.25, 0.3) is 43.9 Å². The third-order valence-corrected chi connectivity index (χ3v) is 5.66. The molecule has 4 aromatic heterocycles. The molecule has 0 spiro atoms. The fourth-order valence-electron chi connectivity index (χ4n) is 3.26. The molecule has 0 aliphatic rings. The molecule has 7 heteroatoms. The highest BCUT2D eigenvalue weighted by Gasteiger charge is 2.16. The number of nitrogens with zero attached hydrogens (tertiary/aromatic N) is 4. The molecule has 0 saturated carbocycles. The van der Waals surface area contributed by atoms with E-state index in [0.29, 0.717) is 22.6 Å². The van der Waals surface area contributed by atoms with Crippen LogP contribution in [-0.4, -0.2) is 19.9 Å². The lowest BCUT2D eigenvalue weighted by atomic mass is 10.1. The number of hydrogen-bond donors (Lipinski definition) is 1. The number of rotatable bonds is 2. The number of fused-ring (bicyclic) bond motifs is 2. The Kier molecular flexibility index (Phi) is 3.93. The van der Waals surface area contributed by atoms with Gasteiger partial charge in [0.15, 0.2) is 5.65 Å². The molecule has 29 heavy (non-hydrogen) atoms. The van der Waals surface area contributed by atoms with Gasteiger partial charge in [-0.3, -0.25) is 9.78 Å². The molecule has 0 aliphatic heterocycles. The highest BCUT2D eigenvalue weighted by Crippen LogP contribution is 2.35. The van der Waals surface area contributed by atoms with Gasteiger partial charge in [0.05, 0.1) is 16.1 Å². The van der Waals surface area contributed by atoms with E-state index in [1.807, 2.05) is 55.5 Å². The minimum atomic E-state index is -0.466. The quantitative estimate of drug-likeness (QED) is 0.477. The van der Waals surface area contributed by atoms with Gasteiger partial charge in [-0.2, -0.15) is 5.26 Å². The number of hydrogen-bond acceptors (Lipinski definition) is 6. The van der Waals surface area contributed by atoms with Gasteiger partial charge >= 0.3 is 0 Å². The highest BCUT2D eigenvalue weighted by atomic mass is 32.1. The van der Waals surface area contributed by atoms with Crippen molar-refractivity contribution in [3.8, 4) is 27.9 Å². The molecule has 6 nitrogen and oxygen atoms in total. The van der Waals surface area contributed by atoms with Gasteiger partial charge in [0.2, 0.25) is 0 Å². The third kappa shape index (κ3) is 2.96. The van der Waals surface area contributed by atoms with E-state index in [9.17, 15) is 10.1 Å². The average molecular weight is 395 g/mol. The van der Waals surface area contributed by atoms with Crippen molar-refractivity contribution >= 4 is 33.4 Å². The summed E-state index contributed by atoms with van der Waals surface area (Å²) >= 11 is 1.61. The summed E-state index contributed by atoms with van der Waals surface area (Å²) < 4.78 is 0. The lowest BCUT2D eigenvalue weighted by Crippen LogP contribution is -2.11. The Morgan fingerprint density at radius 2 is 1.93 bits per heavy atom. The van der Waals surface area contributed by atoms with Crippen molar-refractivity contribution in [2.75, 3.05) is 0 Å². The maximum atomic E-state index is 12.1. The molecule has 0 unspecified atom stereocenters. The summed E-state index contributed by atoms with van der Waals surface area (Å²) in [7, 11) is 0. The van der Waals surface area contributed by atoms with E-state index in [2.05, 4.69) is 9.97 Å². The first-order chi connectivity index (χ1) is 14.1. The predicted octanol–water partition coefficient (Wildman–Crippen LogP) is 4.44. The van der Waals surface area contributed by atoms with Crippen molar-refractivity contribution in [3.63, 3.8) is 0 Å². The maximum absolute atomic E-state index is 12.1. The molecule has 0 fully saturated rings. The molecule has 5 aromatic rings. The lowest BCUT2D eigenvalue weighted by Gasteiger charge is -2.10. The minimum absolute atomic E-state index is 0.0141. The first-order valence-corrected chi connectivity index (χ1v) is 9.71. The van der Waals surface area contributed by atoms with Crippen LogP contribution in [-0.2, 0) is 0 Å². The van der Waals surface area contributed by atoms with Crippen molar-refractivity contribution in [1.82, 2.24) is 19.9 Å². The zero-order chi connectivity index (χ0) is 20.0. The first kappa shape index (κ1) is 17.2. The number of aryl methyl sites for hydroxylation is 1. The Balaban J connectivity index is 1.84. The monoisotopic (exact) mass is 395 g/mol. The molecule has 4 heterocycles. The molecule has 5 rings (SSSR count). The summed E-state index contributed by atoms with van der Waals surface area (Å²) in [5, 5.41) is 10.2. The highest BCUT2D eigenvalue weighted by molar-refractivity contribution is 7.15. The van der Waals surface area contributed by atoms with Gasteiger partial charge in [0, 0.05) is 22.0 Å². The van der Waals surface area contributed by atoms with Crippen LogP contribution in [0.2, 0.25) is 0 Å². The number of H-pyrrole nitrogens is 1. The third-order valence-electron chi connectivity index (χ3n) is 4.65. The summed E-state index contributed by atoms with van der Waals surface area (Å²) in [6.07, 6.45) is 1.76. The fraction of sp³-hybridized carbons (Fsp3) is 0.0455. The van der Waals surface area contributed by atoms with Gasteiger partial charge in [0.1, 0.15) is 22.8 Å². The molecule has 138 valence electrons. The van der Waals surface area contributed by atoms with E-state index in [1.54, 1.807) is 17.5 Å². The summed E-state index contributed by atoms with van der Waals surface area (Å²) in [4.78, 5) is 30.7. The Morgan fingerprint density at radius 1 is 1.03 bits per heavy atom. The molecule has 1 N–H and O–H groups in total. The zero-order valence-corrected chi connectivity index (χ0v) is 16.1. The van der Waals surface area contributed by atoms with Crippen molar-refractivity contribution in [1.29, 1.82) is 5.26 Å². The van der Waals surface area contributed by atoms with E-state index < -0.39 is 5.56 Å². The Hall–Kier alpha value is -3.89. The summed E-state index contributed by atoms with van der Waals surface area (Å²) in [6.45, 7) is 2.03. The second kappa shape index (κ2) is 6.62. The van der Waals surface area contributed by atoms with Crippen LogP contribution in [0.3, 0.4) is 0 Å². The number of benzene rings is 1. The van der Waals surface area contributed by atoms with Crippen LogP contribution in [0.1, 0.15) is 10.4 Å². The molecule has 0 saturated heterocycles. The normalized spacial score (nSPS) is 11.0. The minimum Gasteiger partial charge on any atom is -0.304 e. The molecule has 0 aliphatic carbocycles. The van der Waals surface area contributed by atoms with Crippen molar-refractivity contribution in [3.05, 3.63) is 75.5 Å².